The Morgan fingerprint density at radius 2 is 0.519 bits per heavy atom. The Morgan fingerprint density at radius 3 is 0.846 bits per heavy atom. The number of ether oxygens (including phenoxy) is 4. The van der Waals surface area contributed by atoms with E-state index in [0.717, 1.165) is 122 Å². The highest BCUT2D eigenvalue weighted by Crippen LogP contribution is 2.45. The molecule has 0 bridgehead atoms. The number of carbonyl (C=O) groups excluding carboxylic acids is 4. The number of phosphoric ester groups is 2. The van der Waals surface area contributed by atoms with E-state index < -0.39 is 97.5 Å². The molecule has 3 N–H and O–H groups in total. The maximum absolute atomic E-state index is 13.1. The summed E-state index contributed by atoms with van der Waals surface area (Å²) in [6.07, 6.45) is 84.7. The fourth-order valence-electron chi connectivity index (χ4n) is 10.8. The van der Waals surface area contributed by atoms with Crippen LogP contribution in [0.4, 0.5) is 0 Å². The van der Waals surface area contributed by atoms with Gasteiger partial charge in [-0.3, -0.25) is 37.3 Å². The van der Waals surface area contributed by atoms with Gasteiger partial charge in [0.1, 0.15) is 19.3 Å². The second-order valence-corrected chi connectivity index (χ2v) is 29.9. The number of carbonyl (C=O) groups is 4. The predicted octanol–water partition coefficient (Wildman–Crippen LogP) is 23.9. The van der Waals surface area contributed by atoms with Crippen molar-refractivity contribution in [2.45, 2.75) is 354 Å². The van der Waals surface area contributed by atoms with Crippen molar-refractivity contribution in [3.8, 4) is 0 Å². The number of unbranched alkanes of at least 4 members (excludes halogenated alkanes) is 30. The number of hydrogen-bond acceptors (Lipinski definition) is 15. The number of rotatable bonds is 76. The lowest BCUT2D eigenvalue weighted by Crippen LogP contribution is -2.30. The second kappa shape index (κ2) is 76.6. The SMILES string of the molecule is CC/C=C\C/C=C\C/C=C\C/C=C\C/C=C\CCCCCC(=O)O[C@H](COC(=O)CCCCCCCCCCCCCCC)COP(=O)(O)OC[C@H](O)COP(=O)(O)OC[C@@H](COC(=O)CC/C=C\C/C=C\C/C=C\C/C=C\C/C=C\CCCCC)OC(=O)CCCCCCCCCCCCCCC. The minimum atomic E-state index is -4.99. The van der Waals surface area contributed by atoms with E-state index in [2.05, 4.69) is 137 Å². The van der Waals surface area contributed by atoms with Crippen LogP contribution >= 0.6 is 15.6 Å². The maximum Gasteiger partial charge on any atom is 0.472 e. The molecular weight excluding hydrogens is 1350 g/mol. The molecule has 19 heteroatoms. The minimum absolute atomic E-state index is 0.0380. The molecule has 0 rings (SSSR count). The first-order chi connectivity index (χ1) is 50.7. The molecule has 0 heterocycles. The molecule has 104 heavy (non-hydrogen) atoms. The van der Waals surface area contributed by atoms with Crippen LogP contribution in [0.1, 0.15) is 336 Å². The lowest BCUT2D eigenvalue weighted by Gasteiger charge is -2.21. The highest BCUT2D eigenvalue weighted by Gasteiger charge is 2.30. The largest absolute Gasteiger partial charge is 0.472 e. The molecule has 0 saturated carbocycles. The third-order valence-electron chi connectivity index (χ3n) is 17.0. The fourth-order valence-corrected chi connectivity index (χ4v) is 12.3. The van der Waals surface area contributed by atoms with Crippen molar-refractivity contribution in [2.24, 2.45) is 0 Å². The summed E-state index contributed by atoms with van der Waals surface area (Å²) in [7, 11) is -9.98. The fraction of sp³-hybridized carbons (Fsp3) is 0.718. The molecule has 0 spiro atoms. The van der Waals surface area contributed by atoms with Gasteiger partial charge in [0.05, 0.1) is 26.4 Å². The minimum Gasteiger partial charge on any atom is -0.462 e. The van der Waals surface area contributed by atoms with Crippen LogP contribution in [-0.2, 0) is 65.4 Å². The van der Waals surface area contributed by atoms with Gasteiger partial charge in [0.15, 0.2) is 12.2 Å². The predicted molar refractivity (Wildman–Crippen MR) is 427 cm³/mol. The Labute approximate surface area is 632 Å². The number of allylic oxidation sites excluding steroid dienone is 20. The van der Waals surface area contributed by atoms with Crippen molar-refractivity contribution in [3.63, 3.8) is 0 Å². The van der Waals surface area contributed by atoms with Gasteiger partial charge in [-0.15, -0.1) is 0 Å². The van der Waals surface area contributed by atoms with Crippen LogP contribution in [0.5, 0.6) is 0 Å². The van der Waals surface area contributed by atoms with E-state index in [9.17, 15) is 43.2 Å². The number of aliphatic hydroxyl groups is 1. The third-order valence-corrected chi connectivity index (χ3v) is 18.9. The van der Waals surface area contributed by atoms with Gasteiger partial charge in [0.2, 0.25) is 0 Å². The lowest BCUT2D eigenvalue weighted by atomic mass is 10.0. The molecule has 0 fully saturated rings. The monoisotopic (exact) mass is 1500 g/mol. The average Bonchev–Trinajstić information content (AvgIpc) is 0.913. The number of phosphoric acid groups is 2. The molecule has 0 aromatic heterocycles. The molecule has 0 amide bonds. The summed E-state index contributed by atoms with van der Waals surface area (Å²) in [6, 6.07) is 0. The molecular formula is C85H146O17P2. The molecule has 0 aliphatic rings. The van der Waals surface area contributed by atoms with Crippen molar-refractivity contribution in [1.29, 1.82) is 0 Å². The normalized spacial score (nSPS) is 14.5. The van der Waals surface area contributed by atoms with Crippen LogP contribution in [-0.4, -0.2) is 96.7 Å². The summed E-state index contributed by atoms with van der Waals surface area (Å²) in [5.74, 6) is -2.29. The Balaban J connectivity index is 5.43. The first-order valence-corrected chi connectivity index (χ1v) is 43.8. The molecule has 2 unspecified atom stereocenters. The van der Waals surface area contributed by atoms with Crippen molar-refractivity contribution in [2.75, 3.05) is 39.6 Å². The van der Waals surface area contributed by atoms with Gasteiger partial charge in [-0.2, -0.15) is 0 Å². The van der Waals surface area contributed by atoms with E-state index in [4.69, 9.17) is 37.0 Å². The van der Waals surface area contributed by atoms with E-state index in [-0.39, 0.29) is 25.7 Å². The summed E-state index contributed by atoms with van der Waals surface area (Å²) in [5.41, 5.74) is 0. The molecule has 0 aliphatic carbocycles. The molecule has 0 aliphatic heterocycles. The van der Waals surface area contributed by atoms with Crippen LogP contribution in [0.2, 0.25) is 0 Å². The molecule has 0 saturated heterocycles. The Morgan fingerprint density at radius 1 is 0.279 bits per heavy atom. The third kappa shape index (κ3) is 75.7. The topological polar surface area (TPSA) is 237 Å². The highest BCUT2D eigenvalue weighted by molar-refractivity contribution is 7.47. The Bertz CT molecular complexity index is 2440. The van der Waals surface area contributed by atoms with E-state index >= 15 is 0 Å². The molecule has 0 radical (unpaired) electrons. The summed E-state index contributed by atoms with van der Waals surface area (Å²) in [6.45, 7) is 4.64. The van der Waals surface area contributed by atoms with Gasteiger partial charge >= 0.3 is 39.5 Å². The van der Waals surface area contributed by atoms with Crippen molar-refractivity contribution in [3.05, 3.63) is 122 Å². The molecule has 0 aromatic carbocycles. The quantitative estimate of drug-likeness (QED) is 0.0169. The first-order valence-electron chi connectivity index (χ1n) is 40.8. The first kappa shape index (κ1) is 99.5. The van der Waals surface area contributed by atoms with E-state index in [1.807, 2.05) is 12.2 Å². The van der Waals surface area contributed by atoms with Crippen LogP contribution in [0.15, 0.2) is 122 Å². The van der Waals surface area contributed by atoms with Crippen LogP contribution < -0.4 is 0 Å². The van der Waals surface area contributed by atoms with Gasteiger partial charge in [-0.1, -0.05) is 323 Å². The Hall–Kier alpha value is -4.54. The van der Waals surface area contributed by atoms with E-state index in [0.29, 0.717) is 32.1 Å². The summed E-state index contributed by atoms with van der Waals surface area (Å²) < 4.78 is 68.5. The highest BCUT2D eigenvalue weighted by atomic mass is 31.2. The van der Waals surface area contributed by atoms with Crippen molar-refractivity contribution >= 4 is 39.5 Å². The van der Waals surface area contributed by atoms with E-state index in [1.165, 1.54) is 128 Å². The number of esters is 4. The van der Waals surface area contributed by atoms with Crippen LogP contribution in [0.25, 0.3) is 0 Å². The lowest BCUT2D eigenvalue weighted by molar-refractivity contribution is -0.161. The summed E-state index contributed by atoms with van der Waals surface area (Å²) >= 11 is 0. The van der Waals surface area contributed by atoms with Crippen LogP contribution in [0.3, 0.4) is 0 Å². The van der Waals surface area contributed by atoms with Gasteiger partial charge in [0, 0.05) is 25.7 Å². The molecule has 17 nitrogen and oxygen atoms in total. The summed E-state index contributed by atoms with van der Waals surface area (Å²) in [4.78, 5) is 73.0. The maximum atomic E-state index is 13.1. The van der Waals surface area contributed by atoms with Gasteiger partial charge in [-0.25, -0.2) is 9.13 Å². The van der Waals surface area contributed by atoms with Gasteiger partial charge < -0.3 is 33.8 Å². The van der Waals surface area contributed by atoms with Gasteiger partial charge in [0.25, 0.3) is 0 Å². The zero-order valence-corrected chi connectivity index (χ0v) is 67.2. The molecule has 598 valence electrons. The molecule has 0 aromatic rings. The van der Waals surface area contributed by atoms with E-state index in [1.54, 1.807) is 0 Å². The standard InChI is InChI=1S/C85H146O17P2/c1-5-9-13-17-21-25-29-33-35-37-39-41-43-47-50-54-58-62-66-70-83(88)96-76-80(101-84(89)71-67-63-59-55-51-46-32-28-24-20-16-12-8-4)77-99-103(91,92)97-73-79(86)74-98-104(93,94)100-78-81(75-95-82(87)69-65-61-57-53-49-45-31-27-23-19-15-11-7-3)102-85(90)72-68-64-60-56-52-48-44-42-40-38-36-34-30-26-22-18-14-10-6-2/h10,14,21-22,25-26,33-36,39-42,47-48,50,52,58,62,79-81,86H,5-9,11-13,15-20,23-24,27-32,37-38,43-46,49,51,53-57,59-61,63-78H2,1-4H3,(H,91,92)(H,93,94)/b14-10-,25-21-,26-22-,35-33-,36-34-,41-39-,42-40-,50-47-,52-48-,62-58-/t79-,80-,81-/m1/s1. The number of aliphatic hydroxyl groups excluding tert-OH is 1. The zero-order valence-electron chi connectivity index (χ0n) is 65.4. The summed E-state index contributed by atoms with van der Waals surface area (Å²) in [5, 5.41) is 10.6. The smallest absolute Gasteiger partial charge is 0.462 e. The average molecular weight is 1500 g/mol. The second-order valence-electron chi connectivity index (χ2n) is 27.0. The van der Waals surface area contributed by atoms with Crippen molar-refractivity contribution < 1.29 is 80.2 Å². The van der Waals surface area contributed by atoms with Crippen LogP contribution in [0, 0.1) is 0 Å². The van der Waals surface area contributed by atoms with Gasteiger partial charge in [-0.05, 0) is 109 Å². The van der Waals surface area contributed by atoms with Crippen molar-refractivity contribution in [1.82, 2.24) is 0 Å². The number of hydrogen-bond donors (Lipinski definition) is 3. The Kier molecular flexibility index (Phi) is 73.3. The molecule has 5 atom stereocenters. The zero-order chi connectivity index (χ0) is 76.0.